The maximum Gasteiger partial charge on any atom is 0.251 e. The van der Waals surface area contributed by atoms with E-state index in [1.807, 2.05) is 24.3 Å². The van der Waals surface area contributed by atoms with Crippen LogP contribution in [0.4, 0.5) is 0 Å². The SMILES string of the molecule is O=C(NC[C@@H]1CCCN1)c1ccccc1Cn1cncn1. The molecule has 1 aromatic carbocycles. The molecular formula is C15H19N5O. The summed E-state index contributed by atoms with van der Waals surface area (Å²) in [6.07, 6.45) is 5.45. The van der Waals surface area contributed by atoms with Crippen LogP contribution in [0, 0.1) is 0 Å². The van der Waals surface area contributed by atoms with Gasteiger partial charge in [0.25, 0.3) is 5.91 Å². The Bertz CT molecular complexity index is 590. The zero-order valence-corrected chi connectivity index (χ0v) is 11.8. The Balaban J connectivity index is 1.67. The molecule has 0 bridgehead atoms. The second-order valence-electron chi connectivity index (χ2n) is 5.25. The van der Waals surface area contributed by atoms with Crippen LogP contribution >= 0.6 is 0 Å². The molecule has 21 heavy (non-hydrogen) atoms. The van der Waals surface area contributed by atoms with E-state index >= 15 is 0 Å². The van der Waals surface area contributed by atoms with E-state index in [9.17, 15) is 4.79 Å². The molecule has 1 aliphatic rings. The lowest BCUT2D eigenvalue weighted by Crippen LogP contribution is -2.37. The zero-order valence-electron chi connectivity index (χ0n) is 11.8. The summed E-state index contributed by atoms with van der Waals surface area (Å²) in [5, 5.41) is 10.5. The van der Waals surface area contributed by atoms with Gasteiger partial charge >= 0.3 is 0 Å². The second-order valence-corrected chi connectivity index (χ2v) is 5.25. The first kappa shape index (κ1) is 13.8. The van der Waals surface area contributed by atoms with E-state index in [1.165, 1.54) is 12.7 Å². The summed E-state index contributed by atoms with van der Waals surface area (Å²) in [5.41, 5.74) is 1.64. The van der Waals surface area contributed by atoms with Crippen molar-refractivity contribution in [1.82, 2.24) is 25.4 Å². The number of aromatic nitrogens is 3. The molecule has 110 valence electrons. The third kappa shape index (κ3) is 3.46. The topological polar surface area (TPSA) is 71.8 Å². The van der Waals surface area contributed by atoms with E-state index < -0.39 is 0 Å². The summed E-state index contributed by atoms with van der Waals surface area (Å²) in [6.45, 7) is 2.27. The van der Waals surface area contributed by atoms with Gasteiger partial charge in [0.05, 0.1) is 6.54 Å². The fourth-order valence-corrected chi connectivity index (χ4v) is 2.61. The smallest absolute Gasteiger partial charge is 0.251 e. The predicted octanol–water partition coefficient (Wildman–Crippen LogP) is 0.808. The van der Waals surface area contributed by atoms with Gasteiger partial charge in [-0.25, -0.2) is 9.67 Å². The molecule has 0 radical (unpaired) electrons. The van der Waals surface area contributed by atoms with Crippen LogP contribution in [0.15, 0.2) is 36.9 Å². The van der Waals surface area contributed by atoms with Crippen molar-refractivity contribution in [3.05, 3.63) is 48.0 Å². The lowest BCUT2D eigenvalue weighted by molar-refractivity contribution is 0.0949. The summed E-state index contributed by atoms with van der Waals surface area (Å²) in [6, 6.07) is 8.01. The van der Waals surface area contributed by atoms with Crippen molar-refractivity contribution in [1.29, 1.82) is 0 Å². The van der Waals surface area contributed by atoms with Crippen LogP contribution in [-0.2, 0) is 6.54 Å². The van der Waals surface area contributed by atoms with E-state index in [0.717, 1.165) is 18.5 Å². The highest BCUT2D eigenvalue weighted by Crippen LogP contribution is 2.11. The molecule has 0 spiro atoms. The Kier molecular flexibility index (Phi) is 4.25. The molecule has 1 fully saturated rings. The number of carbonyl (C=O) groups excluding carboxylic acids is 1. The second kappa shape index (κ2) is 6.49. The predicted molar refractivity (Wildman–Crippen MR) is 78.9 cm³/mol. The van der Waals surface area contributed by atoms with Crippen LogP contribution in [0.1, 0.15) is 28.8 Å². The Morgan fingerprint density at radius 3 is 3.10 bits per heavy atom. The quantitative estimate of drug-likeness (QED) is 0.852. The molecule has 2 aromatic rings. The van der Waals surface area contributed by atoms with Crippen LogP contribution in [-0.4, -0.2) is 39.8 Å². The van der Waals surface area contributed by atoms with Gasteiger partial charge in [-0.2, -0.15) is 5.10 Å². The van der Waals surface area contributed by atoms with Crippen LogP contribution in [0.2, 0.25) is 0 Å². The maximum atomic E-state index is 12.4. The van der Waals surface area contributed by atoms with Gasteiger partial charge < -0.3 is 10.6 Å². The van der Waals surface area contributed by atoms with E-state index in [2.05, 4.69) is 20.7 Å². The molecule has 6 heteroatoms. The average molecular weight is 285 g/mol. The summed E-state index contributed by atoms with van der Waals surface area (Å²) in [4.78, 5) is 16.3. The van der Waals surface area contributed by atoms with Gasteiger partial charge in [-0.1, -0.05) is 18.2 Å². The van der Waals surface area contributed by atoms with Gasteiger partial charge in [0.2, 0.25) is 0 Å². The third-order valence-corrected chi connectivity index (χ3v) is 3.73. The first-order chi connectivity index (χ1) is 10.3. The zero-order chi connectivity index (χ0) is 14.5. The third-order valence-electron chi connectivity index (χ3n) is 3.73. The minimum absolute atomic E-state index is 0.0283. The molecule has 1 amide bonds. The van der Waals surface area contributed by atoms with Crippen LogP contribution in [0.5, 0.6) is 0 Å². The van der Waals surface area contributed by atoms with E-state index in [-0.39, 0.29) is 5.91 Å². The first-order valence-electron chi connectivity index (χ1n) is 7.25. The monoisotopic (exact) mass is 285 g/mol. The molecule has 0 saturated carbocycles. The number of nitrogens with one attached hydrogen (secondary N) is 2. The van der Waals surface area contributed by atoms with Gasteiger partial charge in [-0.3, -0.25) is 4.79 Å². The molecule has 2 heterocycles. The van der Waals surface area contributed by atoms with Crippen molar-refractivity contribution in [2.24, 2.45) is 0 Å². The molecule has 2 N–H and O–H groups in total. The molecule has 1 aliphatic heterocycles. The summed E-state index contributed by atoms with van der Waals surface area (Å²) in [5.74, 6) is -0.0283. The Morgan fingerprint density at radius 1 is 1.43 bits per heavy atom. The molecule has 1 aromatic heterocycles. The molecule has 1 saturated heterocycles. The normalized spacial score (nSPS) is 17.8. The maximum absolute atomic E-state index is 12.4. The van der Waals surface area contributed by atoms with Gasteiger partial charge in [0, 0.05) is 18.2 Å². The van der Waals surface area contributed by atoms with Crippen molar-refractivity contribution < 1.29 is 4.79 Å². The van der Waals surface area contributed by atoms with Crippen molar-refractivity contribution in [2.45, 2.75) is 25.4 Å². The Labute approximate surface area is 123 Å². The molecule has 0 aliphatic carbocycles. The highest BCUT2D eigenvalue weighted by molar-refractivity contribution is 5.95. The summed E-state index contributed by atoms with van der Waals surface area (Å²) in [7, 11) is 0. The van der Waals surface area contributed by atoms with Gasteiger partial charge in [-0.05, 0) is 31.0 Å². The van der Waals surface area contributed by atoms with Gasteiger partial charge in [0.1, 0.15) is 12.7 Å². The fourth-order valence-electron chi connectivity index (χ4n) is 2.61. The molecular weight excluding hydrogens is 266 g/mol. The highest BCUT2D eigenvalue weighted by Gasteiger charge is 2.16. The molecule has 6 nitrogen and oxygen atoms in total. The average Bonchev–Trinajstić information content (AvgIpc) is 3.18. The minimum Gasteiger partial charge on any atom is -0.350 e. The number of nitrogens with zero attached hydrogens (tertiary/aromatic N) is 3. The van der Waals surface area contributed by atoms with Crippen molar-refractivity contribution in [3.8, 4) is 0 Å². The molecule has 0 unspecified atom stereocenters. The number of amides is 1. The number of hydrogen-bond donors (Lipinski definition) is 2. The Hall–Kier alpha value is -2.21. The standard InChI is InChI=1S/C15H19N5O/c21-15(18-8-13-5-3-7-17-13)14-6-2-1-4-12(14)9-20-11-16-10-19-20/h1-2,4,6,10-11,13,17H,3,5,7-9H2,(H,18,21)/t13-/m0/s1. The van der Waals surface area contributed by atoms with Crippen molar-refractivity contribution in [3.63, 3.8) is 0 Å². The number of rotatable bonds is 5. The van der Waals surface area contributed by atoms with Crippen molar-refractivity contribution in [2.75, 3.05) is 13.1 Å². The van der Waals surface area contributed by atoms with Crippen LogP contribution in [0.25, 0.3) is 0 Å². The summed E-state index contributed by atoms with van der Waals surface area (Å²) >= 11 is 0. The number of carbonyl (C=O) groups is 1. The fraction of sp³-hybridized carbons (Fsp3) is 0.400. The molecule has 1 atom stereocenters. The lowest BCUT2D eigenvalue weighted by Gasteiger charge is -2.13. The van der Waals surface area contributed by atoms with Crippen molar-refractivity contribution >= 4 is 5.91 Å². The summed E-state index contributed by atoms with van der Waals surface area (Å²) < 4.78 is 1.71. The number of benzene rings is 1. The first-order valence-corrected chi connectivity index (χ1v) is 7.25. The van der Waals surface area contributed by atoms with E-state index in [0.29, 0.717) is 24.7 Å². The van der Waals surface area contributed by atoms with Crippen LogP contribution < -0.4 is 10.6 Å². The minimum atomic E-state index is -0.0283. The van der Waals surface area contributed by atoms with Gasteiger partial charge in [-0.15, -0.1) is 0 Å². The Morgan fingerprint density at radius 2 is 2.33 bits per heavy atom. The molecule has 3 rings (SSSR count). The van der Waals surface area contributed by atoms with Gasteiger partial charge in [0.15, 0.2) is 0 Å². The number of hydrogen-bond acceptors (Lipinski definition) is 4. The largest absolute Gasteiger partial charge is 0.350 e. The van der Waals surface area contributed by atoms with E-state index in [4.69, 9.17) is 0 Å². The highest BCUT2D eigenvalue weighted by atomic mass is 16.1. The van der Waals surface area contributed by atoms with E-state index in [1.54, 1.807) is 11.0 Å². The lowest BCUT2D eigenvalue weighted by atomic mass is 10.1. The van der Waals surface area contributed by atoms with Crippen LogP contribution in [0.3, 0.4) is 0 Å².